The fraction of sp³-hybridized carbons (Fsp3) is 0.280. The Morgan fingerprint density at radius 2 is 2.00 bits per heavy atom. The number of pyridine rings is 2. The summed E-state index contributed by atoms with van der Waals surface area (Å²) in [6, 6.07) is 12.5. The zero-order valence-corrected chi connectivity index (χ0v) is 20.2. The van der Waals surface area contributed by atoms with Crippen LogP contribution in [-0.4, -0.2) is 47.2 Å². The summed E-state index contributed by atoms with van der Waals surface area (Å²) in [7, 11) is 0. The maximum Gasteiger partial charge on any atom is 0.303 e. The number of carbonyl (C=O) groups is 2. The number of aliphatic carboxylic acids is 1. The molecule has 188 valence electrons. The zero-order chi connectivity index (χ0) is 25.5. The Kier molecular flexibility index (Phi) is 8.24. The van der Waals surface area contributed by atoms with Crippen LogP contribution in [0.25, 0.3) is 0 Å². The molecule has 1 saturated heterocycles. The lowest BCUT2D eigenvalue weighted by Crippen LogP contribution is -2.24. The van der Waals surface area contributed by atoms with Crippen LogP contribution in [-0.2, 0) is 39.4 Å². The van der Waals surface area contributed by atoms with Crippen LogP contribution in [0.2, 0.25) is 0 Å². The van der Waals surface area contributed by atoms with Gasteiger partial charge in [-0.1, -0.05) is 6.07 Å². The molecule has 1 aromatic carbocycles. The number of carbonyl (C=O) groups excluding carboxylic acids is 1. The molecule has 1 amide bonds. The Morgan fingerprint density at radius 1 is 1.14 bits per heavy atom. The minimum absolute atomic E-state index is 0.0493. The van der Waals surface area contributed by atoms with Gasteiger partial charge in [-0.15, -0.1) is 0 Å². The third kappa shape index (κ3) is 7.09. The van der Waals surface area contributed by atoms with Gasteiger partial charge in [0.2, 0.25) is 5.91 Å². The lowest BCUT2D eigenvalue weighted by Gasteiger charge is -2.19. The van der Waals surface area contributed by atoms with Crippen molar-refractivity contribution < 1.29 is 28.2 Å². The number of hydrogen-bond donors (Lipinski definition) is 3. The maximum absolute atomic E-state index is 12.2. The van der Waals surface area contributed by atoms with Gasteiger partial charge in [-0.25, -0.2) is 9.19 Å². The highest BCUT2D eigenvalue weighted by atomic mass is 32.2. The van der Waals surface area contributed by atoms with Crippen molar-refractivity contribution in [2.75, 3.05) is 11.9 Å². The minimum Gasteiger partial charge on any atom is -0.481 e. The van der Waals surface area contributed by atoms with Crippen LogP contribution >= 0.6 is 0 Å². The Morgan fingerprint density at radius 3 is 2.64 bits per heavy atom. The largest absolute Gasteiger partial charge is 0.481 e. The monoisotopic (exact) mass is 510 g/mol. The van der Waals surface area contributed by atoms with Gasteiger partial charge in [0, 0.05) is 43.4 Å². The van der Waals surface area contributed by atoms with E-state index in [1.54, 1.807) is 35.4 Å². The predicted molar refractivity (Wildman–Crippen MR) is 133 cm³/mol. The normalized spacial score (nSPS) is 14.0. The number of carboxylic acids is 1. The van der Waals surface area contributed by atoms with E-state index in [0.29, 0.717) is 48.9 Å². The number of ether oxygens (including phenoxy) is 1. The molecule has 0 bridgehead atoms. The van der Waals surface area contributed by atoms with E-state index in [1.165, 1.54) is 6.20 Å². The van der Waals surface area contributed by atoms with Crippen molar-refractivity contribution in [2.45, 2.75) is 38.0 Å². The highest BCUT2D eigenvalue weighted by molar-refractivity contribution is 7.78. The highest BCUT2D eigenvalue weighted by Crippen LogP contribution is 2.31. The van der Waals surface area contributed by atoms with Crippen LogP contribution in [0.3, 0.4) is 0 Å². The molecule has 2 aromatic heterocycles. The van der Waals surface area contributed by atoms with Crippen molar-refractivity contribution in [2.24, 2.45) is 0 Å². The van der Waals surface area contributed by atoms with Crippen molar-refractivity contribution in [3.63, 3.8) is 0 Å². The van der Waals surface area contributed by atoms with E-state index in [0.717, 1.165) is 23.2 Å². The number of hydrogen-bond acceptors (Lipinski definition) is 7. The van der Waals surface area contributed by atoms with E-state index in [1.807, 2.05) is 18.2 Å². The van der Waals surface area contributed by atoms with Gasteiger partial charge in [0.15, 0.2) is 11.1 Å². The van der Waals surface area contributed by atoms with Crippen LogP contribution in [0.15, 0.2) is 54.9 Å². The summed E-state index contributed by atoms with van der Waals surface area (Å²) in [6.45, 7) is 1.07. The zero-order valence-electron chi connectivity index (χ0n) is 19.4. The van der Waals surface area contributed by atoms with Gasteiger partial charge in [0.05, 0.1) is 17.6 Å². The number of amides is 1. The van der Waals surface area contributed by atoms with Crippen LogP contribution in [0.5, 0.6) is 11.5 Å². The molecule has 1 fully saturated rings. The van der Waals surface area contributed by atoms with E-state index < -0.39 is 17.0 Å². The number of rotatable bonds is 11. The van der Waals surface area contributed by atoms with Crippen molar-refractivity contribution in [1.29, 1.82) is 0 Å². The molecule has 0 radical (unpaired) electrons. The van der Waals surface area contributed by atoms with Gasteiger partial charge in [0.25, 0.3) is 0 Å². The molecule has 1 atom stereocenters. The van der Waals surface area contributed by atoms with Crippen LogP contribution in [0.1, 0.15) is 36.1 Å². The predicted octanol–water partition coefficient (Wildman–Crippen LogP) is 3.87. The molecular formula is C25H26N4O6S. The summed E-state index contributed by atoms with van der Waals surface area (Å²) >= 11 is -1.97. The summed E-state index contributed by atoms with van der Waals surface area (Å²) in [5.41, 5.74) is 2.87. The number of nitrogens with one attached hydrogen (secondary N) is 1. The molecule has 3 N–H and O–H groups in total. The molecule has 36 heavy (non-hydrogen) atoms. The summed E-state index contributed by atoms with van der Waals surface area (Å²) in [5, 5.41) is 12.1. The fourth-order valence-corrected chi connectivity index (χ4v) is 4.24. The third-order valence-electron chi connectivity index (χ3n) is 5.61. The molecule has 10 nitrogen and oxygen atoms in total. The molecule has 1 aliphatic heterocycles. The van der Waals surface area contributed by atoms with Gasteiger partial charge in [-0.2, -0.15) is 0 Å². The van der Waals surface area contributed by atoms with Crippen molar-refractivity contribution in [3.05, 3.63) is 71.7 Å². The van der Waals surface area contributed by atoms with Crippen molar-refractivity contribution in [3.8, 4) is 11.5 Å². The second-order valence-corrected chi connectivity index (χ2v) is 9.30. The molecule has 0 saturated carbocycles. The smallest absolute Gasteiger partial charge is 0.303 e. The molecule has 3 heterocycles. The molecule has 4 rings (SSSR count). The Balaban J connectivity index is 1.52. The Hall–Kier alpha value is -3.83. The number of aromatic nitrogens is 2. The average Bonchev–Trinajstić information content (AvgIpc) is 3.25. The highest BCUT2D eigenvalue weighted by Gasteiger charge is 2.22. The molecule has 1 unspecified atom stereocenters. The summed E-state index contributed by atoms with van der Waals surface area (Å²) in [5.74, 6) is 0.829. The number of carboxylic acid groups (broad SMARTS) is 1. The molecule has 0 spiro atoms. The van der Waals surface area contributed by atoms with Crippen LogP contribution < -0.4 is 10.1 Å². The lowest BCUT2D eigenvalue weighted by atomic mass is 10.1. The van der Waals surface area contributed by atoms with Gasteiger partial charge in [0.1, 0.15) is 17.3 Å². The molecule has 0 aliphatic carbocycles. The number of likely N-dealkylation sites (tertiary alicyclic amines) is 1. The van der Waals surface area contributed by atoms with E-state index in [9.17, 15) is 13.8 Å². The topological polar surface area (TPSA) is 142 Å². The molecular weight excluding hydrogens is 484 g/mol. The number of anilines is 2. The van der Waals surface area contributed by atoms with Crippen molar-refractivity contribution >= 4 is 34.5 Å². The Labute approximate surface area is 210 Å². The second-order valence-electron chi connectivity index (χ2n) is 8.36. The van der Waals surface area contributed by atoms with Gasteiger partial charge < -0.3 is 24.6 Å². The van der Waals surface area contributed by atoms with Gasteiger partial charge in [-0.05, 0) is 54.8 Å². The quantitative estimate of drug-likeness (QED) is 0.328. The van der Waals surface area contributed by atoms with Crippen molar-refractivity contribution in [1.82, 2.24) is 14.9 Å². The summed E-state index contributed by atoms with van der Waals surface area (Å²) < 4.78 is 26.1. The number of aryl methyl sites for hydroxylation is 1. The SMILES string of the molecule is O=C(O)CCc1ccc(Nc2ccc(Oc3ccc(CS(=O)O)nc3)c(CN3CCCC3=O)c2)nc1. The lowest BCUT2D eigenvalue weighted by molar-refractivity contribution is -0.137. The summed E-state index contributed by atoms with van der Waals surface area (Å²) in [6.07, 6.45) is 4.96. The second kappa shape index (κ2) is 11.7. The van der Waals surface area contributed by atoms with E-state index in [4.69, 9.17) is 14.4 Å². The maximum atomic E-state index is 12.2. The van der Waals surface area contributed by atoms with E-state index in [-0.39, 0.29) is 18.1 Å². The first kappa shape index (κ1) is 25.3. The van der Waals surface area contributed by atoms with Crippen LogP contribution in [0, 0.1) is 0 Å². The third-order valence-corrected chi connectivity index (χ3v) is 6.16. The first-order chi connectivity index (χ1) is 17.4. The Bertz CT molecular complexity index is 1250. The average molecular weight is 511 g/mol. The fourth-order valence-electron chi connectivity index (χ4n) is 3.81. The molecule has 1 aliphatic rings. The first-order valence-electron chi connectivity index (χ1n) is 11.4. The number of nitrogens with zero attached hydrogens (tertiary/aromatic N) is 3. The minimum atomic E-state index is -1.97. The van der Waals surface area contributed by atoms with Gasteiger partial charge in [-0.3, -0.25) is 14.6 Å². The number of benzene rings is 1. The van der Waals surface area contributed by atoms with Gasteiger partial charge >= 0.3 is 5.97 Å². The molecule has 11 heteroatoms. The molecule has 3 aromatic rings. The van der Waals surface area contributed by atoms with Crippen LogP contribution in [0.4, 0.5) is 11.5 Å². The summed E-state index contributed by atoms with van der Waals surface area (Å²) in [4.78, 5) is 33.3. The first-order valence-corrected chi connectivity index (χ1v) is 12.7. The van der Waals surface area contributed by atoms with E-state index >= 15 is 0 Å². The van der Waals surface area contributed by atoms with E-state index in [2.05, 4.69) is 15.3 Å². The standard InChI is InChI=1S/C25H26N4O6S/c30-24-2-1-11-29(24)15-18-12-19(28-23-9-3-17(13-27-23)4-10-25(31)32)6-8-22(18)35-21-7-5-20(26-14-21)16-36(33)34/h3,5-9,12-14H,1-2,4,10-11,15-16H2,(H,27,28)(H,31,32)(H,33,34).